The van der Waals surface area contributed by atoms with Gasteiger partial charge in [-0.15, -0.1) is 0 Å². The third-order valence-corrected chi connectivity index (χ3v) is 7.29. The number of para-hydroxylation sites is 2. The number of fused-ring (bicyclic) bond motifs is 1. The Balaban J connectivity index is 1.44. The second kappa shape index (κ2) is 16.5. The van der Waals surface area contributed by atoms with Crippen molar-refractivity contribution in [2.24, 2.45) is 0 Å². The minimum absolute atomic E-state index is 0.0861. The number of ether oxygens (including phenoxy) is 1. The summed E-state index contributed by atoms with van der Waals surface area (Å²) in [5.41, 5.74) is 6.23. The van der Waals surface area contributed by atoms with Crippen molar-refractivity contribution in [3.05, 3.63) is 54.1 Å². The average molecular weight is 535 g/mol. The van der Waals surface area contributed by atoms with Gasteiger partial charge in [0.05, 0.1) is 5.69 Å². The second-order valence-electron chi connectivity index (χ2n) is 10.4. The molecular weight excluding hydrogens is 488 g/mol. The summed E-state index contributed by atoms with van der Waals surface area (Å²) < 4.78 is 5.96. The number of nitrogen functional groups attached to an aromatic ring is 1. The highest BCUT2D eigenvalue weighted by molar-refractivity contribution is 6.09. The Morgan fingerprint density at radius 2 is 1.23 bits per heavy atom. The molecule has 39 heavy (non-hydrogen) atoms. The minimum Gasteiger partial charge on any atom is -0.506 e. The maximum absolute atomic E-state index is 13.0. The van der Waals surface area contributed by atoms with Crippen molar-refractivity contribution in [3.8, 4) is 23.0 Å². The summed E-state index contributed by atoms with van der Waals surface area (Å²) in [5, 5.41) is 25.7. The van der Waals surface area contributed by atoms with Crippen LogP contribution in [0.3, 0.4) is 0 Å². The van der Waals surface area contributed by atoms with E-state index in [2.05, 4.69) is 12.2 Å². The number of nitrogens with two attached hydrogens (primary N) is 1. The van der Waals surface area contributed by atoms with Crippen LogP contribution in [0.2, 0.25) is 0 Å². The van der Waals surface area contributed by atoms with Crippen LogP contribution in [0, 0.1) is 0 Å². The van der Waals surface area contributed by atoms with Crippen molar-refractivity contribution >= 4 is 22.4 Å². The molecule has 0 spiro atoms. The highest BCUT2D eigenvalue weighted by Crippen LogP contribution is 2.46. The summed E-state index contributed by atoms with van der Waals surface area (Å²) in [5.74, 6) is -0.764. The molecule has 5 N–H and O–H groups in total. The number of nitrogens with one attached hydrogen (secondary N) is 1. The van der Waals surface area contributed by atoms with Crippen LogP contribution in [0.1, 0.15) is 107 Å². The average Bonchev–Trinajstić information content (AvgIpc) is 2.94. The summed E-state index contributed by atoms with van der Waals surface area (Å²) in [4.78, 5) is 13.0. The van der Waals surface area contributed by atoms with Gasteiger partial charge in [0, 0.05) is 17.3 Å². The van der Waals surface area contributed by atoms with Gasteiger partial charge in [0.2, 0.25) is 0 Å². The van der Waals surface area contributed by atoms with Gasteiger partial charge in [-0.25, -0.2) is 0 Å². The van der Waals surface area contributed by atoms with Gasteiger partial charge in [-0.2, -0.15) is 0 Å². The highest BCUT2D eigenvalue weighted by atomic mass is 16.5. The van der Waals surface area contributed by atoms with Crippen LogP contribution < -0.4 is 15.8 Å². The van der Waals surface area contributed by atoms with Crippen LogP contribution in [0.4, 0.5) is 5.69 Å². The molecule has 0 heterocycles. The summed E-state index contributed by atoms with van der Waals surface area (Å²) >= 11 is 0. The van der Waals surface area contributed by atoms with Gasteiger partial charge >= 0.3 is 0 Å². The Morgan fingerprint density at radius 3 is 1.82 bits per heavy atom. The monoisotopic (exact) mass is 534 g/mol. The van der Waals surface area contributed by atoms with Crippen LogP contribution in [0.5, 0.6) is 23.0 Å². The zero-order valence-electron chi connectivity index (χ0n) is 23.5. The second-order valence-corrected chi connectivity index (χ2v) is 10.4. The zero-order valence-corrected chi connectivity index (χ0v) is 23.5. The highest BCUT2D eigenvalue weighted by Gasteiger charge is 2.25. The van der Waals surface area contributed by atoms with E-state index in [1.54, 1.807) is 48.5 Å². The number of hydrogen-bond acceptors (Lipinski definition) is 5. The lowest BCUT2D eigenvalue weighted by Gasteiger charge is -2.17. The molecule has 0 aliphatic carbocycles. The SMILES string of the molecule is CCCCCCCCCCCCCCCCNC(=O)c1c(O)c(Oc2ccccc2N)c2ccccc2c1O. The molecule has 0 aliphatic heterocycles. The summed E-state index contributed by atoms with van der Waals surface area (Å²) in [6.45, 7) is 2.74. The van der Waals surface area contributed by atoms with Crippen LogP contribution in [-0.2, 0) is 0 Å². The molecule has 1 amide bonds. The molecule has 212 valence electrons. The van der Waals surface area contributed by atoms with E-state index in [-0.39, 0.29) is 17.1 Å². The summed E-state index contributed by atoms with van der Waals surface area (Å²) in [7, 11) is 0. The number of rotatable bonds is 18. The normalized spacial score (nSPS) is 11.1. The Bertz CT molecular complexity index is 1180. The number of carbonyl (C=O) groups excluding carboxylic acids is 1. The molecule has 0 saturated heterocycles. The van der Waals surface area contributed by atoms with Crippen molar-refractivity contribution < 1.29 is 19.7 Å². The first-order chi connectivity index (χ1) is 19.0. The van der Waals surface area contributed by atoms with Crippen molar-refractivity contribution in [1.29, 1.82) is 0 Å². The van der Waals surface area contributed by atoms with E-state index in [9.17, 15) is 15.0 Å². The fraction of sp³-hybridized carbons (Fsp3) is 0.485. The molecule has 6 nitrogen and oxygen atoms in total. The third-order valence-electron chi connectivity index (χ3n) is 7.29. The predicted molar refractivity (Wildman–Crippen MR) is 161 cm³/mol. The molecular formula is C33H46N2O4. The lowest BCUT2D eigenvalue weighted by molar-refractivity contribution is 0.0947. The van der Waals surface area contributed by atoms with Crippen molar-refractivity contribution in [2.45, 2.75) is 96.8 Å². The van der Waals surface area contributed by atoms with Crippen molar-refractivity contribution in [1.82, 2.24) is 5.32 Å². The molecule has 0 fully saturated rings. The molecule has 0 aliphatic rings. The van der Waals surface area contributed by atoms with E-state index in [0.29, 0.717) is 28.8 Å². The first kappa shape index (κ1) is 30.1. The Morgan fingerprint density at radius 1 is 0.718 bits per heavy atom. The molecule has 6 heteroatoms. The lowest BCUT2D eigenvalue weighted by atomic mass is 10.0. The van der Waals surface area contributed by atoms with Crippen molar-refractivity contribution in [3.63, 3.8) is 0 Å². The molecule has 3 aromatic carbocycles. The van der Waals surface area contributed by atoms with E-state index in [1.165, 1.54) is 70.6 Å². The van der Waals surface area contributed by atoms with Gasteiger partial charge in [-0.05, 0) is 18.6 Å². The van der Waals surface area contributed by atoms with E-state index < -0.39 is 11.7 Å². The van der Waals surface area contributed by atoms with E-state index in [1.807, 2.05) is 0 Å². The first-order valence-electron chi connectivity index (χ1n) is 14.8. The fourth-order valence-electron chi connectivity index (χ4n) is 4.99. The maximum Gasteiger partial charge on any atom is 0.259 e. The largest absolute Gasteiger partial charge is 0.506 e. The van der Waals surface area contributed by atoms with E-state index >= 15 is 0 Å². The van der Waals surface area contributed by atoms with Crippen LogP contribution >= 0.6 is 0 Å². The van der Waals surface area contributed by atoms with Crippen LogP contribution in [0.25, 0.3) is 10.8 Å². The number of carbonyl (C=O) groups is 1. The van der Waals surface area contributed by atoms with Crippen molar-refractivity contribution in [2.75, 3.05) is 12.3 Å². The Labute approximate surface area is 233 Å². The molecule has 0 radical (unpaired) electrons. The van der Waals surface area contributed by atoms with Gasteiger partial charge in [0.25, 0.3) is 5.91 Å². The van der Waals surface area contributed by atoms with Gasteiger partial charge in [-0.3, -0.25) is 4.79 Å². The number of aromatic hydroxyl groups is 2. The number of amides is 1. The first-order valence-corrected chi connectivity index (χ1v) is 14.8. The van der Waals surface area contributed by atoms with Gasteiger partial charge < -0.3 is 26.0 Å². The molecule has 0 aromatic heterocycles. The summed E-state index contributed by atoms with van der Waals surface area (Å²) in [6, 6.07) is 13.9. The molecule has 3 rings (SSSR count). The number of hydrogen-bond donors (Lipinski definition) is 4. The van der Waals surface area contributed by atoms with Gasteiger partial charge in [-0.1, -0.05) is 127 Å². The number of benzene rings is 3. The van der Waals surface area contributed by atoms with Crippen LogP contribution in [0.15, 0.2) is 48.5 Å². The standard InChI is InChI=1S/C33H46N2O4/c1-2-3-4-5-6-7-8-9-10-11-12-13-14-19-24-35-33(38)29-30(36)25-20-15-16-21-26(25)32(31(29)37)39-28-23-18-17-22-27(28)34/h15-18,20-23,36-37H,2-14,19,24,34H2,1H3,(H,35,38). The zero-order chi connectivity index (χ0) is 27.9. The molecule has 0 unspecified atom stereocenters. The van der Waals surface area contributed by atoms with E-state index in [0.717, 1.165) is 19.3 Å². The van der Waals surface area contributed by atoms with Gasteiger partial charge in [0.1, 0.15) is 11.3 Å². The quantitative estimate of drug-likeness (QED) is 0.0963. The minimum atomic E-state index is -0.531. The number of unbranched alkanes of at least 4 members (excludes halogenated alkanes) is 13. The molecule has 0 saturated carbocycles. The Kier molecular flexibility index (Phi) is 12.8. The smallest absolute Gasteiger partial charge is 0.259 e. The van der Waals surface area contributed by atoms with Gasteiger partial charge in [0.15, 0.2) is 17.2 Å². The topological polar surface area (TPSA) is 105 Å². The predicted octanol–water partition coefficient (Wildman–Crippen LogP) is 8.84. The maximum atomic E-state index is 13.0. The van der Waals surface area contributed by atoms with Crippen LogP contribution in [-0.4, -0.2) is 22.7 Å². The molecule has 0 atom stereocenters. The fourth-order valence-corrected chi connectivity index (χ4v) is 4.99. The lowest BCUT2D eigenvalue weighted by Crippen LogP contribution is -2.24. The summed E-state index contributed by atoms with van der Waals surface area (Å²) in [6.07, 6.45) is 17.8. The number of phenols is 2. The number of phenolic OH excluding ortho intramolecular Hbond substituents is 2. The molecule has 0 bridgehead atoms. The van der Waals surface area contributed by atoms with E-state index in [4.69, 9.17) is 10.5 Å². The number of anilines is 1. The Hall–Kier alpha value is -3.41. The molecule has 3 aromatic rings. The third kappa shape index (κ3) is 9.09.